The number of rotatable bonds is 8. The van der Waals surface area contributed by atoms with E-state index in [1.165, 1.54) is 18.9 Å². The van der Waals surface area contributed by atoms with E-state index in [1.807, 2.05) is 6.07 Å². The van der Waals surface area contributed by atoms with E-state index in [2.05, 4.69) is 6.92 Å². The van der Waals surface area contributed by atoms with Crippen LogP contribution in [-0.4, -0.2) is 17.5 Å². The van der Waals surface area contributed by atoms with Crippen LogP contribution in [0.25, 0.3) is 0 Å². The zero-order chi connectivity index (χ0) is 15.8. The van der Waals surface area contributed by atoms with Crippen LogP contribution < -0.4 is 4.74 Å². The lowest BCUT2D eigenvalue weighted by Crippen LogP contribution is -2.02. The van der Waals surface area contributed by atoms with Gasteiger partial charge in [-0.05, 0) is 18.6 Å². The Kier molecular flexibility index (Phi) is 6.01. The zero-order valence-corrected chi connectivity index (χ0v) is 12.9. The van der Waals surface area contributed by atoms with Crippen LogP contribution in [0.4, 0.5) is 0 Å². The fourth-order valence-corrected chi connectivity index (χ4v) is 2.26. The Bertz CT molecular complexity index is 605. The molecule has 3 nitrogen and oxygen atoms in total. The van der Waals surface area contributed by atoms with Crippen molar-refractivity contribution in [3.63, 3.8) is 0 Å². The molecular formula is C19H22O3. The van der Waals surface area contributed by atoms with Gasteiger partial charge in [0.05, 0.1) is 12.2 Å². The zero-order valence-electron chi connectivity index (χ0n) is 12.9. The van der Waals surface area contributed by atoms with Crippen LogP contribution in [0, 0.1) is 0 Å². The van der Waals surface area contributed by atoms with Gasteiger partial charge in [0.2, 0.25) is 0 Å². The molecule has 0 aliphatic heterocycles. The first-order chi connectivity index (χ1) is 10.7. The second kappa shape index (κ2) is 8.23. The smallest absolute Gasteiger partial charge is 0.196 e. The summed E-state index contributed by atoms with van der Waals surface area (Å²) in [4.78, 5) is 12.3. The van der Waals surface area contributed by atoms with Gasteiger partial charge in [0.25, 0.3) is 0 Å². The van der Waals surface area contributed by atoms with Crippen molar-refractivity contribution in [1.82, 2.24) is 0 Å². The molecule has 1 N–H and O–H groups in total. The first kappa shape index (κ1) is 16.1. The molecule has 0 saturated heterocycles. The van der Waals surface area contributed by atoms with Gasteiger partial charge in [-0.3, -0.25) is 4.79 Å². The fraction of sp³-hybridized carbons (Fsp3) is 0.316. The van der Waals surface area contributed by atoms with Crippen molar-refractivity contribution < 1.29 is 14.6 Å². The molecule has 0 aliphatic rings. The Labute approximate surface area is 131 Å². The molecule has 0 bridgehead atoms. The number of phenolic OH excluding ortho intramolecular Hbond substituents is 1. The van der Waals surface area contributed by atoms with Crippen molar-refractivity contribution >= 4 is 5.78 Å². The Balaban J connectivity index is 1.99. The van der Waals surface area contributed by atoms with Gasteiger partial charge in [-0.25, -0.2) is 0 Å². The highest BCUT2D eigenvalue weighted by molar-refractivity contribution is 6.10. The van der Waals surface area contributed by atoms with Crippen LogP contribution in [-0.2, 0) is 0 Å². The quantitative estimate of drug-likeness (QED) is 0.573. The highest BCUT2D eigenvalue weighted by Crippen LogP contribution is 2.26. The van der Waals surface area contributed by atoms with E-state index in [0.717, 1.165) is 12.8 Å². The van der Waals surface area contributed by atoms with Crippen molar-refractivity contribution in [2.45, 2.75) is 32.6 Å². The van der Waals surface area contributed by atoms with Gasteiger partial charge in [0, 0.05) is 11.6 Å². The molecule has 0 radical (unpaired) electrons. The maximum atomic E-state index is 12.3. The number of carbonyl (C=O) groups excluding carboxylic acids is 1. The number of carbonyl (C=O) groups is 1. The summed E-state index contributed by atoms with van der Waals surface area (Å²) in [6.07, 6.45) is 4.54. The molecule has 116 valence electrons. The number of ketones is 1. The first-order valence-corrected chi connectivity index (χ1v) is 7.78. The Morgan fingerprint density at radius 2 is 1.82 bits per heavy atom. The van der Waals surface area contributed by atoms with Crippen molar-refractivity contribution in [2.24, 2.45) is 0 Å². The summed E-state index contributed by atoms with van der Waals surface area (Å²) in [6, 6.07) is 13.8. The molecule has 0 spiro atoms. The molecule has 0 heterocycles. The second-order valence-electron chi connectivity index (χ2n) is 5.28. The predicted octanol–water partition coefficient (Wildman–Crippen LogP) is 4.58. The minimum absolute atomic E-state index is 0.0417. The van der Waals surface area contributed by atoms with E-state index in [-0.39, 0.29) is 11.5 Å². The summed E-state index contributed by atoms with van der Waals surface area (Å²) < 4.78 is 5.60. The van der Waals surface area contributed by atoms with Gasteiger partial charge in [-0.15, -0.1) is 0 Å². The Hall–Kier alpha value is -2.29. The van der Waals surface area contributed by atoms with E-state index in [9.17, 15) is 9.90 Å². The molecule has 3 heteroatoms. The van der Waals surface area contributed by atoms with Gasteiger partial charge < -0.3 is 9.84 Å². The highest BCUT2D eigenvalue weighted by atomic mass is 16.5. The minimum atomic E-state index is -0.187. The number of phenols is 1. The Morgan fingerprint density at radius 1 is 1.05 bits per heavy atom. The number of ether oxygens (including phenoxy) is 1. The summed E-state index contributed by atoms with van der Waals surface area (Å²) in [7, 11) is 0. The molecule has 2 aromatic carbocycles. The average molecular weight is 298 g/mol. The molecule has 22 heavy (non-hydrogen) atoms. The minimum Gasteiger partial charge on any atom is -0.507 e. The van der Waals surface area contributed by atoms with Gasteiger partial charge in [-0.2, -0.15) is 0 Å². The van der Waals surface area contributed by atoms with Crippen LogP contribution in [0.2, 0.25) is 0 Å². The Morgan fingerprint density at radius 3 is 2.50 bits per heavy atom. The summed E-state index contributed by atoms with van der Waals surface area (Å²) in [5, 5.41) is 10.1. The monoisotopic (exact) mass is 298 g/mol. The second-order valence-corrected chi connectivity index (χ2v) is 5.28. The molecular weight excluding hydrogens is 276 g/mol. The van der Waals surface area contributed by atoms with Gasteiger partial charge in [0.15, 0.2) is 5.78 Å². The molecule has 0 aromatic heterocycles. The summed E-state index contributed by atoms with van der Waals surface area (Å²) in [5.41, 5.74) is 0.857. The SMILES string of the molecule is CCCCCCOc1ccc(C(=O)c2ccccc2)c(O)c1. The third kappa shape index (κ3) is 4.35. The topological polar surface area (TPSA) is 46.5 Å². The van der Waals surface area contributed by atoms with E-state index in [0.29, 0.717) is 23.5 Å². The third-order valence-electron chi connectivity index (χ3n) is 3.52. The van der Waals surface area contributed by atoms with E-state index in [4.69, 9.17) is 4.74 Å². The summed E-state index contributed by atoms with van der Waals surface area (Å²) in [6.45, 7) is 2.80. The van der Waals surface area contributed by atoms with Crippen LogP contribution in [0.1, 0.15) is 48.5 Å². The average Bonchev–Trinajstić information content (AvgIpc) is 2.55. The fourth-order valence-electron chi connectivity index (χ4n) is 2.26. The van der Waals surface area contributed by atoms with Crippen molar-refractivity contribution in [3.8, 4) is 11.5 Å². The predicted molar refractivity (Wildman–Crippen MR) is 87.6 cm³/mol. The van der Waals surface area contributed by atoms with Crippen LogP contribution >= 0.6 is 0 Å². The van der Waals surface area contributed by atoms with Crippen molar-refractivity contribution in [2.75, 3.05) is 6.61 Å². The lowest BCUT2D eigenvalue weighted by Gasteiger charge is -2.09. The molecule has 0 aliphatic carbocycles. The highest BCUT2D eigenvalue weighted by Gasteiger charge is 2.13. The first-order valence-electron chi connectivity index (χ1n) is 7.78. The molecule has 0 saturated carbocycles. The maximum absolute atomic E-state index is 12.3. The molecule has 0 amide bonds. The number of hydrogen-bond acceptors (Lipinski definition) is 3. The molecule has 0 unspecified atom stereocenters. The van der Waals surface area contributed by atoms with E-state index >= 15 is 0 Å². The van der Waals surface area contributed by atoms with Crippen LogP contribution in [0.15, 0.2) is 48.5 Å². The lowest BCUT2D eigenvalue weighted by atomic mass is 10.0. The van der Waals surface area contributed by atoms with E-state index < -0.39 is 0 Å². The van der Waals surface area contributed by atoms with Crippen LogP contribution in [0.5, 0.6) is 11.5 Å². The van der Waals surface area contributed by atoms with Gasteiger partial charge in [-0.1, -0.05) is 56.5 Å². The summed E-state index contributed by atoms with van der Waals surface area (Å²) in [5.74, 6) is 0.367. The maximum Gasteiger partial charge on any atom is 0.196 e. The summed E-state index contributed by atoms with van der Waals surface area (Å²) >= 11 is 0. The molecule has 2 aromatic rings. The molecule has 0 fully saturated rings. The number of benzene rings is 2. The lowest BCUT2D eigenvalue weighted by molar-refractivity contribution is 0.103. The number of hydrogen-bond donors (Lipinski definition) is 1. The number of unbranched alkanes of at least 4 members (excludes halogenated alkanes) is 3. The molecule has 2 rings (SSSR count). The van der Waals surface area contributed by atoms with Crippen molar-refractivity contribution in [3.05, 3.63) is 59.7 Å². The van der Waals surface area contributed by atoms with Crippen molar-refractivity contribution in [1.29, 1.82) is 0 Å². The van der Waals surface area contributed by atoms with E-state index in [1.54, 1.807) is 36.4 Å². The largest absolute Gasteiger partial charge is 0.507 e. The van der Waals surface area contributed by atoms with Gasteiger partial charge in [0.1, 0.15) is 11.5 Å². The molecule has 0 atom stereocenters. The number of aromatic hydroxyl groups is 1. The third-order valence-corrected chi connectivity index (χ3v) is 3.52. The van der Waals surface area contributed by atoms with Crippen LogP contribution in [0.3, 0.4) is 0 Å². The van der Waals surface area contributed by atoms with Gasteiger partial charge >= 0.3 is 0 Å². The standard InChI is InChI=1S/C19H22O3/c1-2-3-4-8-13-22-16-11-12-17(18(20)14-16)19(21)15-9-6-5-7-10-15/h5-7,9-12,14,20H,2-4,8,13H2,1H3. The normalized spacial score (nSPS) is 10.4.